The third kappa shape index (κ3) is 5.41. The zero-order chi connectivity index (χ0) is 9.68. The molecule has 0 aromatic carbocycles. The molecule has 1 N–H and O–H groups in total. The topological polar surface area (TPSA) is 50.7 Å². The van der Waals surface area contributed by atoms with E-state index in [4.69, 9.17) is 0 Å². The summed E-state index contributed by atoms with van der Waals surface area (Å²) in [5, 5.41) is 3.84. The van der Waals surface area contributed by atoms with Crippen molar-refractivity contribution < 1.29 is 0 Å². The summed E-state index contributed by atoms with van der Waals surface area (Å²) in [6, 6.07) is 0. The van der Waals surface area contributed by atoms with Crippen LogP contribution in [0.3, 0.4) is 0 Å². The van der Waals surface area contributed by atoms with Gasteiger partial charge in [0.2, 0.25) is 5.95 Å². The van der Waals surface area contributed by atoms with E-state index in [0.29, 0.717) is 16.3 Å². The molecule has 0 aliphatic carbocycles. The van der Waals surface area contributed by atoms with E-state index in [1.165, 1.54) is 0 Å². The molecular weight excluding hydrogens is 227 g/mol. The summed E-state index contributed by atoms with van der Waals surface area (Å²) in [6.45, 7) is 2.99. The molecule has 0 amide bonds. The number of aromatic nitrogens is 3. The van der Waals surface area contributed by atoms with Gasteiger partial charge in [-0.25, -0.2) is 0 Å². The maximum atomic E-state index is 4.02. The number of nitrogens with one attached hydrogen (secondary N) is 1. The second-order valence-electron chi connectivity index (χ2n) is 2.54. The Morgan fingerprint density at radius 1 is 1.14 bits per heavy atom. The van der Waals surface area contributed by atoms with Gasteiger partial charge >= 0.3 is 29.6 Å². The quantitative estimate of drug-likeness (QED) is 0.418. The number of anilines is 1. The Hall–Kier alpha value is 0.510. The first kappa shape index (κ1) is 14.5. The van der Waals surface area contributed by atoms with Gasteiger partial charge in [-0.15, -0.1) is 25.3 Å². The van der Waals surface area contributed by atoms with Crippen LogP contribution in [0.15, 0.2) is 10.3 Å². The summed E-state index contributed by atoms with van der Waals surface area (Å²) in [6.07, 6.45) is 2.23. The van der Waals surface area contributed by atoms with Gasteiger partial charge in [0.1, 0.15) is 0 Å². The standard InChI is InChI=1S/C7H12N4S2.Na.H/c1-2-3-4-8-5-9-6(12)11-7(13)10-5;;/h2-4H2,1H3,(H3,8,9,10,11,12,13);;. The van der Waals surface area contributed by atoms with E-state index < -0.39 is 0 Å². The average Bonchev–Trinajstić information content (AvgIpc) is 2.03. The van der Waals surface area contributed by atoms with Crippen LogP contribution in [-0.4, -0.2) is 51.1 Å². The van der Waals surface area contributed by atoms with E-state index in [9.17, 15) is 0 Å². The Kier molecular flexibility index (Phi) is 8.04. The number of unbranched alkanes of at least 4 members (excludes halogenated alkanes) is 1. The van der Waals surface area contributed by atoms with E-state index in [0.717, 1.165) is 19.4 Å². The molecule has 0 bridgehead atoms. The Bertz CT molecular complexity index is 264. The van der Waals surface area contributed by atoms with Gasteiger partial charge in [-0.05, 0) is 6.42 Å². The van der Waals surface area contributed by atoms with E-state index in [1.54, 1.807) is 0 Å². The van der Waals surface area contributed by atoms with Crippen molar-refractivity contribution in [2.45, 2.75) is 30.1 Å². The molecule has 0 spiro atoms. The van der Waals surface area contributed by atoms with Gasteiger partial charge in [-0.1, -0.05) is 13.3 Å². The van der Waals surface area contributed by atoms with Crippen molar-refractivity contribution in [3.63, 3.8) is 0 Å². The third-order valence-corrected chi connectivity index (χ3v) is 1.83. The fourth-order valence-electron chi connectivity index (χ4n) is 0.810. The van der Waals surface area contributed by atoms with Crippen molar-refractivity contribution in [1.29, 1.82) is 0 Å². The van der Waals surface area contributed by atoms with Crippen LogP contribution in [0.5, 0.6) is 0 Å². The maximum absolute atomic E-state index is 4.02. The van der Waals surface area contributed by atoms with Gasteiger partial charge in [0, 0.05) is 6.54 Å². The van der Waals surface area contributed by atoms with Crippen molar-refractivity contribution in [3.8, 4) is 0 Å². The summed E-state index contributed by atoms with van der Waals surface area (Å²) in [4.78, 5) is 11.8. The summed E-state index contributed by atoms with van der Waals surface area (Å²) < 4.78 is 0. The van der Waals surface area contributed by atoms with Crippen molar-refractivity contribution in [1.82, 2.24) is 15.0 Å². The molecule has 0 saturated heterocycles. The normalized spacial score (nSPS) is 9.36. The molecule has 0 saturated carbocycles. The zero-order valence-electron chi connectivity index (χ0n) is 7.36. The fraction of sp³-hybridized carbons (Fsp3) is 0.571. The summed E-state index contributed by atoms with van der Waals surface area (Å²) in [7, 11) is 0. The predicted octanol–water partition coefficient (Wildman–Crippen LogP) is 1.01. The van der Waals surface area contributed by atoms with Gasteiger partial charge in [-0.2, -0.15) is 15.0 Å². The van der Waals surface area contributed by atoms with Crippen molar-refractivity contribution in [2.24, 2.45) is 0 Å². The molecule has 14 heavy (non-hydrogen) atoms. The van der Waals surface area contributed by atoms with Crippen molar-refractivity contribution in [3.05, 3.63) is 0 Å². The first-order valence-corrected chi connectivity index (χ1v) is 4.99. The minimum absolute atomic E-state index is 0. The van der Waals surface area contributed by atoms with Crippen LogP contribution in [-0.2, 0) is 0 Å². The van der Waals surface area contributed by atoms with Crippen molar-refractivity contribution in [2.75, 3.05) is 11.9 Å². The average molecular weight is 240 g/mol. The van der Waals surface area contributed by atoms with E-state index in [-0.39, 0.29) is 29.6 Å². The zero-order valence-corrected chi connectivity index (χ0v) is 9.15. The van der Waals surface area contributed by atoms with Gasteiger partial charge in [-0.3, -0.25) is 0 Å². The van der Waals surface area contributed by atoms with E-state index in [2.05, 4.69) is 52.5 Å². The van der Waals surface area contributed by atoms with E-state index >= 15 is 0 Å². The summed E-state index contributed by atoms with van der Waals surface area (Å²) in [5.41, 5.74) is 0. The molecule has 7 heteroatoms. The molecule has 0 fully saturated rings. The molecular formula is C7H13N4NaS2. The predicted molar refractivity (Wildman–Crippen MR) is 64.9 cm³/mol. The second-order valence-corrected chi connectivity index (χ2v) is 3.34. The fourth-order valence-corrected chi connectivity index (χ4v) is 1.27. The minimum atomic E-state index is 0. The number of nitrogens with zero attached hydrogens (tertiary/aromatic N) is 3. The SMILES string of the molecule is CCCCNc1nc(S)nc(S)n1.[NaH]. The summed E-state index contributed by atoms with van der Waals surface area (Å²) in [5.74, 6) is 0.540. The molecule has 0 aliphatic rings. The summed E-state index contributed by atoms with van der Waals surface area (Å²) >= 11 is 8.04. The van der Waals surface area contributed by atoms with Gasteiger partial charge < -0.3 is 5.32 Å². The Labute approximate surface area is 117 Å². The van der Waals surface area contributed by atoms with Crippen LogP contribution in [0.4, 0.5) is 5.95 Å². The Morgan fingerprint density at radius 3 is 2.21 bits per heavy atom. The van der Waals surface area contributed by atoms with Crippen LogP contribution in [0.25, 0.3) is 0 Å². The third-order valence-electron chi connectivity index (χ3n) is 1.43. The van der Waals surface area contributed by atoms with Crippen molar-refractivity contribution >= 4 is 60.8 Å². The van der Waals surface area contributed by atoms with Crippen LogP contribution in [0.1, 0.15) is 19.8 Å². The molecule has 0 atom stereocenters. The molecule has 74 valence electrons. The van der Waals surface area contributed by atoms with Crippen LogP contribution in [0.2, 0.25) is 0 Å². The Morgan fingerprint density at radius 2 is 1.71 bits per heavy atom. The van der Waals surface area contributed by atoms with E-state index in [1.807, 2.05) is 0 Å². The van der Waals surface area contributed by atoms with Crippen LogP contribution >= 0.6 is 25.3 Å². The number of thiol groups is 2. The molecule has 1 aromatic heterocycles. The monoisotopic (exact) mass is 240 g/mol. The number of hydrogen-bond acceptors (Lipinski definition) is 6. The first-order chi connectivity index (χ1) is 6.22. The van der Waals surface area contributed by atoms with Crippen LogP contribution < -0.4 is 5.32 Å². The molecule has 4 nitrogen and oxygen atoms in total. The molecule has 1 aromatic rings. The number of rotatable bonds is 4. The molecule has 0 unspecified atom stereocenters. The van der Waals surface area contributed by atoms with Crippen LogP contribution in [0, 0.1) is 0 Å². The molecule has 1 rings (SSSR count). The Balaban J connectivity index is 0.00000169. The second kappa shape index (κ2) is 7.76. The van der Waals surface area contributed by atoms with Gasteiger partial charge in [0.05, 0.1) is 0 Å². The molecule has 0 radical (unpaired) electrons. The molecule has 0 aliphatic heterocycles. The first-order valence-electron chi connectivity index (χ1n) is 4.10. The number of hydrogen-bond donors (Lipinski definition) is 3. The van der Waals surface area contributed by atoms with Gasteiger partial charge in [0.25, 0.3) is 0 Å². The molecule has 1 heterocycles. The van der Waals surface area contributed by atoms with Gasteiger partial charge in [0.15, 0.2) is 10.3 Å².